The molecule has 26 heavy (non-hydrogen) atoms. The number of aromatic nitrogens is 3. The first kappa shape index (κ1) is 15.7. The Balaban J connectivity index is 1.62. The number of likely N-dealkylation sites (N-methyl/N-ethyl adjacent to an activating group) is 1. The largest absolute Gasteiger partial charge is 0.338 e. The van der Waals surface area contributed by atoms with E-state index in [1.165, 1.54) is 20.9 Å². The summed E-state index contributed by atoms with van der Waals surface area (Å²) in [6.45, 7) is 9.14. The summed E-state index contributed by atoms with van der Waals surface area (Å²) in [6, 6.07) is 6.53. The second kappa shape index (κ2) is 6.00. The zero-order valence-corrected chi connectivity index (χ0v) is 15.4. The molecule has 1 aliphatic rings. The SMILES string of the molecule is C=Nc1cc2c(cn1)[nH]c1ncc(-c3cc4c(s3)CCN(CC)C4)cc12. The van der Waals surface area contributed by atoms with Gasteiger partial charge in [0.1, 0.15) is 5.65 Å². The van der Waals surface area contributed by atoms with Crippen LogP contribution >= 0.6 is 11.3 Å². The number of aliphatic imine (C=N–C) groups is 1. The van der Waals surface area contributed by atoms with Crippen LogP contribution in [0.3, 0.4) is 0 Å². The smallest absolute Gasteiger partial charge is 0.151 e. The van der Waals surface area contributed by atoms with E-state index in [1.54, 1.807) is 6.20 Å². The molecule has 0 radical (unpaired) electrons. The molecule has 0 fully saturated rings. The molecule has 0 unspecified atom stereocenters. The molecule has 1 N–H and O–H groups in total. The van der Waals surface area contributed by atoms with Crippen molar-refractivity contribution in [2.75, 3.05) is 13.1 Å². The van der Waals surface area contributed by atoms with E-state index in [9.17, 15) is 0 Å². The van der Waals surface area contributed by atoms with Crippen LogP contribution in [0.15, 0.2) is 35.6 Å². The number of H-pyrrole nitrogens is 1. The maximum Gasteiger partial charge on any atom is 0.151 e. The monoisotopic (exact) mass is 361 g/mol. The molecule has 0 amide bonds. The van der Waals surface area contributed by atoms with Crippen molar-refractivity contribution in [3.8, 4) is 10.4 Å². The fraction of sp³-hybridized carbons (Fsp3) is 0.250. The number of fused-ring (bicyclic) bond motifs is 4. The van der Waals surface area contributed by atoms with Gasteiger partial charge in [0.05, 0.1) is 11.7 Å². The second-order valence-corrected chi connectivity index (χ2v) is 7.81. The first-order valence-corrected chi connectivity index (χ1v) is 9.65. The first-order valence-electron chi connectivity index (χ1n) is 8.83. The number of nitrogens with one attached hydrogen (secondary N) is 1. The lowest BCUT2D eigenvalue weighted by Gasteiger charge is -2.24. The Morgan fingerprint density at radius 3 is 3.00 bits per heavy atom. The molecule has 1 aliphatic heterocycles. The van der Waals surface area contributed by atoms with Gasteiger partial charge in [0.15, 0.2) is 5.82 Å². The average Bonchev–Trinajstić information content (AvgIpc) is 3.27. The van der Waals surface area contributed by atoms with Crippen LogP contribution in [0, 0.1) is 0 Å². The van der Waals surface area contributed by atoms with Gasteiger partial charge in [0, 0.05) is 45.4 Å². The van der Waals surface area contributed by atoms with Crippen molar-refractivity contribution in [3.05, 3.63) is 41.0 Å². The standard InChI is InChI=1S/C20H19N5S/c1-3-25-5-4-17-13(11-25)7-18(26-17)12-6-15-14-8-19(21-2)22-10-16(14)24-20(15)23-9-12/h6-10H,2-5,11H2,1H3,(H,23,24). The molecule has 5 heterocycles. The molecule has 0 aliphatic carbocycles. The average molecular weight is 361 g/mol. The third kappa shape index (κ3) is 2.45. The van der Waals surface area contributed by atoms with Crippen molar-refractivity contribution in [3.63, 3.8) is 0 Å². The van der Waals surface area contributed by atoms with Crippen molar-refractivity contribution in [1.29, 1.82) is 0 Å². The normalized spacial score (nSPS) is 14.8. The van der Waals surface area contributed by atoms with Gasteiger partial charge in [0.25, 0.3) is 0 Å². The van der Waals surface area contributed by atoms with Crippen LogP contribution in [0.5, 0.6) is 0 Å². The van der Waals surface area contributed by atoms with Gasteiger partial charge < -0.3 is 4.98 Å². The van der Waals surface area contributed by atoms with E-state index in [0.717, 1.165) is 48.0 Å². The van der Waals surface area contributed by atoms with Crippen LogP contribution in [0.2, 0.25) is 0 Å². The highest BCUT2D eigenvalue weighted by molar-refractivity contribution is 7.15. The van der Waals surface area contributed by atoms with Gasteiger partial charge in [-0.2, -0.15) is 0 Å². The van der Waals surface area contributed by atoms with Crippen molar-refractivity contribution in [1.82, 2.24) is 19.9 Å². The zero-order valence-electron chi connectivity index (χ0n) is 14.6. The van der Waals surface area contributed by atoms with Crippen LogP contribution in [0.25, 0.3) is 32.4 Å². The summed E-state index contributed by atoms with van der Waals surface area (Å²) in [7, 11) is 0. The van der Waals surface area contributed by atoms with Crippen LogP contribution < -0.4 is 0 Å². The second-order valence-electron chi connectivity index (χ2n) is 6.67. The third-order valence-electron chi connectivity index (χ3n) is 5.16. The predicted molar refractivity (Wildman–Crippen MR) is 109 cm³/mol. The van der Waals surface area contributed by atoms with E-state index in [0.29, 0.717) is 5.82 Å². The summed E-state index contributed by atoms with van der Waals surface area (Å²) < 4.78 is 0. The lowest BCUT2D eigenvalue weighted by atomic mass is 10.1. The van der Waals surface area contributed by atoms with Crippen LogP contribution in [-0.4, -0.2) is 39.7 Å². The number of aromatic amines is 1. The Kier molecular flexibility index (Phi) is 3.62. The summed E-state index contributed by atoms with van der Waals surface area (Å²) in [4.78, 5) is 21.5. The molecule has 0 saturated carbocycles. The third-order valence-corrected chi connectivity index (χ3v) is 6.45. The Bertz CT molecular complexity index is 1140. The number of thiophene rings is 1. The molecule has 4 aromatic rings. The van der Waals surface area contributed by atoms with Crippen LogP contribution in [-0.2, 0) is 13.0 Å². The molecule has 130 valence electrons. The van der Waals surface area contributed by atoms with E-state index in [1.807, 2.05) is 23.6 Å². The topological polar surface area (TPSA) is 57.2 Å². The quantitative estimate of drug-likeness (QED) is 0.545. The summed E-state index contributed by atoms with van der Waals surface area (Å²) in [5, 5.41) is 2.19. The van der Waals surface area contributed by atoms with Gasteiger partial charge in [-0.1, -0.05) is 6.92 Å². The van der Waals surface area contributed by atoms with Gasteiger partial charge in [-0.05, 0) is 43.4 Å². The predicted octanol–water partition coefficient (Wildman–Crippen LogP) is 4.55. The number of hydrogen-bond acceptors (Lipinski definition) is 5. The molecule has 4 aromatic heterocycles. The van der Waals surface area contributed by atoms with E-state index in [2.05, 4.69) is 50.6 Å². The zero-order chi connectivity index (χ0) is 17.7. The Hall–Kier alpha value is -2.57. The van der Waals surface area contributed by atoms with Gasteiger partial charge in [0.2, 0.25) is 0 Å². The highest BCUT2D eigenvalue weighted by Crippen LogP contribution is 2.36. The molecular formula is C20H19N5S. The fourth-order valence-corrected chi connectivity index (χ4v) is 4.83. The molecule has 0 spiro atoms. The highest BCUT2D eigenvalue weighted by atomic mass is 32.1. The minimum absolute atomic E-state index is 0.634. The van der Waals surface area contributed by atoms with E-state index in [4.69, 9.17) is 0 Å². The molecule has 5 rings (SSSR count). The number of nitrogens with zero attached hydrogens (tertiary/aromatic N) is 4. The van der Waals surface area contributed by atoms with Gasteiger partial charge in [-0.25, -0.2) is 15.0 Å². The Morgan fingerprint density at radius 2 is 2.15 bits per heavy atom. The van der Waals surface area contributed by atoms with Gasteiger partial charge in [-0.3, -0.25) is 4.90 Å². The molecule has 0 bridgehead atoms. The van der Waals surface area contributed by atoms with Crippen molar-refractivity contribution < 1.29 is 0 Å². The fourth-order valence-electron chi connectivity index (χ4n) is 3.69. The molecule has 0 aromatic carbocycles. The molecule has 0 atom stereocenters. The van der Waals surface area contributed by atoms with Crippen LogP contribution in [0.1, 0.15) is 17.4 Å². The molecule has 0 saturated heterocycles. The van der Waals surface area contributed by atoms with Crippen molar-refractivity contribution >= 4 is 45.8 Å². The summed E-state index contributed by atoms with van der Waals surface area (Å²) >= 11 is 1.91. The Morgan fingerprint density at radius 1 is 1.23 bits per heavy atom. The van der Waals surface area contributed by atoms with Gasteiger partial charge in [-0.15, -0.1) is 11.3 Å². The highest BCUT2D eigenvalue weighted by Gasteiger charge is 2.19. The van der Waals surface area contributed by atoms with Crippen molar-refractivity contribution in [2.24, 2.45) is 4.99 Å². The van der Waals surface area contributed by atoms with E-state index in [-0.39, 0.29) is 0 Å². The van der Waals surface area contributed by atoms with E-state index < -0.39 is 0 Å². The van der Waals surface area contributed by atoms with Crippen LogP contribution in [0.4, 0.5) is 5.82 Å². The van der Waals surface area contributed by atoms with Crippen molar-refractivity contribution in [2.45, 2.75) is 19.9 Å². The molecule has 5 nitrogen and oxygen atoms in total. The minimum atomic E-state index is 0.634. The summed E-state index contributed by atoms with van der Waals surface area (Å²) in [5.41, 5.74) is 4.50. The summed E-state index contributed by atoms with van der Waals surface area (Å²) in [6.07, 6.45) is 4.91. The van der Waals surface area contributed by atoms with Gasteiger partial charge >= 0.3 is 0 Å². The maximum absolute atomic E-state index is 4.65. The summed E-state index contributed by atoms with van der Waals surface area (Å²) in [5.74, 6) is 0.634. The lowest BCUT2D eigenvalue weighted by molar-refractivity contribution is 0.270. The first-order chi connectivity index (χ1) is 12.7. The lowest BCUT2D eigenvalue weighted by Crippen LogP contribution is -2.29. The number of rotatable bonds is 3. The number of pyridine rings is 2. The Labute approximate surface area is 155 Å². The maximum atomic E-state index is 4.65. The minimum Gasteiger partial charge on any atom is -0.338 e. The number of hydrogen-bond donors (Lipinski definition) is 1. The molecule has 6 heteroatoms. The van der Waals surface area contributed by atoms with E-state index >= 15 is 0 Å². The molecular weight excluding hydrogens is 342 g/mol.